The van der Waals surface area contributed by atoms with Crippen molar-refractivity contribution in [3.8, 4) is 0 Å². The Morgan fingerprint density at radius 3 is 2.70 bits per heavy atom. The van der Waals surface area contributed by atoms with Crippen molar-refractivity contribution in [1.29, 1.82) is 0 Å². The molecule has 5 heteroatoms. The Morgan fingerprint density at radius 2 is 2.10 bits per heavy atom. The quantitative estimate of drug-likeness (QED) is 0.934. The Hall–Kier alpha value is -1.33. The average Bonchev–Trinajstić information content (AvgIpc) is 2.75. The molecule has 0 fully saturated rings. The van der Waals surface area contributed by atoms with Gasteiger partial charge in [-0.15, -0.1) is 0 Å². The normalized spacial score (nSPS) is 11.8. The molecule has 1 N–H and O–H groups in total. The van der Waals surface area contributed by atoms with Gasteiger partial charge in [-0.25, -0.2) is 9.37 Å². The van der Waals surface area contributed by atoms with Crippen molar-refractivity contribution >= 4 is 11.8 Å². The minimum atomic E-state index is -0.203. The fraction of sp³-hybridized carbons (Fsp3) is 0.400. The molecule has 0 saturated carbocycles. The second-order valence-corrected chi connectivity index (χ2v) is 6.73. The SMILES string of the molecule is Cn1ccnc1Sc1c(F)cccc1CNC(C)(C)C. The molecular weight excluding hydrogens is 273 g/mol. The van der Waals surface area contributed by atoms with Gasteiger partial charge in [0.05, 0.1) is 4.90 Å². The summed E-state index contributed by atoms with van der Waals surface area (Å²) in [5.41, 5.74) is 0.949. The van der Waals surface area contributed by atoms with Crippen LogP contribution in [0.2, 0.25) is 0 Å². The highest BCUT2D eigenvalue weighted by Gasteiger charge is 2.15. The Kier molecular flexibility index (Phi) is 4.50. The third kappa shape index (κ3) is 3.84. The first-order chi connectivity index (χ1) is 9.37. The minimum absolute atomic E-state index is 0.00250. The molecule has 0 spiro atoms. The number of rotatable bonds is 4. The monoisotopic (exact) mass is 293 g/mol. The van der Waals surface area contributed by atoms with E-state index in [4.69, 9.17) is 0 Å². The average molecular weight is 293 g/mol. The molecule has 0 atom stereocenters. The van der Waals surface area contributed by atoms with Gasteiger partial charge in [0, 0.05) is 31.5 Å². The molecule has 3 nitrogen and oxygen atoms in total. The first kappa shape index (κ1) is 15.1. The lowest BCUT2D eigenvalue weighted by molar-refractivity contribution is 0.421. The molecule has 1 aromatic carbocycles. The van der Waals surface area contributed by atoms with Crippen LogP contribution in [0, 0.1) is 5.82 Å². The fourth-order valence-corrected chi connectivity index (χ4v) is 2.65. The first-order valence-corrected chi connectivity index (χ1v) is 7.36. The maximum atomic E-state index is 14.1. The molecule has 0 bridgehead atoms. The van der Waals surface area contributed by atoms with Gasteiger partial charge < -0.3 is 9.88 Å². The fourth-order valence-electron chi connectivity index (χ4n) is 1.71. The van der Waals surface area contributed by atoms with E-state index in [1.165, 1.54) is 17.8 Å². The van der Waals surface area contributed by atoms with Crippen LogP contribution in [0.5, 0.6) is 0 Å². The van der Waals surface area contributed by atoms with Crippen molar-refractivity contribution in [2.45, 2.75) is 42.9 Å². The number of imidazole rings is 1. The zero-order valence-electron chi connectivity index (χ0n) is 12.3. The van der Waals surface area contributed by atoms with Crippen LogP contribution in [-0.4, -0.2) is 15.1 Å². The number of nitrogens with zero attached hydrogens (tertiary/aromatic N) is 2. The van der Waals surface area contributed by atoms with E-state index in [9.17, 15) is 4.39 Å². The number of aryl methyl sites for hydroxylation is 1. The van der Waals surface area contributed by atoms with E-state index in [0.717, 1.165) is 10.7 Å². The number of halogens is 1. The van der Waals surface area contributed by atoms with Gasteiger partial charge in [-0.1, -0.05) is 12.1 Å². The predicted octanol–water partition coefficient (Wildman–Crippen LogP) is 3.60. The van der Waals surface area contributed by atoms with Crippen molar-refractivity contribution in [2.24, 2.45) is 7.05 Å². The Morgan fingerprint density at radius 1 is 1.35 bits per heavy atom. The number of hydrogen-bond acceptors (Lipinski definition) is 3. The molecule has 0 saturated heterocycles. The third-order valence-corrected chi connectivity index (χ3v) is 4.07. The van der Waals surface area contributed by atoms with Gasteiger partial charge in [0.2, 0.25) is 0 Å². The third-order valence-electron chi connectivity index (χ3n) is 2.83. The highest BCUT2D eigenvalue weighted by molar-refractivity contribution is 7.99. The Labute approximate surface area is 123 Å². The number of aromatic nitrogens is 2. The van der Waals surface area contributed by atoms with Crippen LogP contribution in [0.4, 0.5) is 4.39 Å². The highest BCUT2D eigenvalue weighted by atomic mass is 32.2. The lowest BCUT2D eigenvalue weighted by Gasteiger charge is -2.21. The molecule has 2 aromatic rings. The van der Waals surface area contributed by atoms with Crippen LogP contribution in [0.15, 0.2) is 40.6 Å². The topological polar surface area (TPSA) is 29.9 Å². The van der Waals surface area contributed by atoms with Crippen molar-refractivity contribution in [3.05, 3.63) is 42.0 Å². The van der Waals surface area contributed by atoms with Crippen molar-refractivity contribution < 1.29 is 4.39 Å². The van der Waals surface area contributed by atoms with Crippen LogP contribution in [0.3, 0.4) is 0 Å². The molecule has 1 heterocycles. The highest BCUT2D eigenvalue weighted by Crippen LogP contribution is 2.31. The van der Waals surface area contributed by atoms with E-state index in [2.05, 4.69) is 31.1 Å². The van der Waals surface area contributed by atoms with Crippen LogP contribution in [0.1, 0.15) is 26.3 Å². The van der Waals surface area contributed by atoms with Gasteiger partial charge in [-0.05, 0) is 44.2 Å². The van der Waals surface area contributed by atoms with E-state index >= 15 is 0 Å². The van der Waals surface area contributed by atoms with Crippen molar-refractivity contribution in [1.82, 2.24) is 14.9 Å². The molecular formula is C15H20FN3S. The minimum Gasteiger partial charge on any atom is -0.329 e. The number of nitrogens with one attached hydrogen (secondary N) is 1. The lowest BCUT2D eigenvalue weighted by Crippen LogP contribution is -2.35. The van der Waals surface area contributed by atoms with Gasteiger partial charge in [0.25, 0.3) is 0 Å². The van der Waals surface area contributed by atoms with Gasteiger partial charge in [-0.3, -0.25) is 0 Å². The van der Waals surface area contributed by atoms with Gasteiger partial charge in [-0.2, -0.15) is 0 Å². The van der Waals surface area contributed by atoms with Gasteiger partial charge >= 0.3 is 0 Å². The largest absolute Gasteiger partial charge is 0.329 e. The standard InChI is InChI=1S/C15H20FN3S/c1-15(2,3)18-10-11-6-5-7-12(16)13(11)20-14-17-8-9-19(14)4/h5-9,18H,10H2,1-4H3. The molecule has 108 valence electrons. The summed E-state index contributed by atoms with van der Waals surface area (Å²) in [6.45, 7) is 6.92. The second-order valence-electron chi connectivity index (χ2n) is 5.75. The van der Waals surface area contributed by atoms with Crippen molar-refractivity contribution in [2.75, 3.05) is 0 Å². The molecule has 2 rings (SSSR count). The maximum Gasteiger partial charge on any atom is 0.172 e. The summed E-state index contributed by atoms with van der Waals surface area (Å²) in [6, 6.07) is 5.19. The Balaban J connectivity index is 2.25. The summed E-state index contributed by atoms with van der Waals surface area (Å²) in [4.78, 5) is 4.88. The van der Waals surface area contributed by atoms with Crippen LogP contribution < -0.4 is 5.32 Å². The molecule has 0 amide bonds. The van der Waals surface area contributed by atoms with E-state index in [1.54, 1.807) is 12.3 Å². The molecule has 0 radical (unpaired) electrons. The zero-order valence-corrected chi connectivity index (χ0v) is 13.1. The lowest BCUT2D eigenvalue weighted by atomic mass is 10.1. The molecule has 0 unspecified atom stereocenters. The van der Waals surface area contributed by atoms with Crippen molar-refractivity contribution in [3.63, 3.8) is 0 Å². The Bertz CT molecular complexity index is 587. The molecule has 0 aliphatic rings. The van der Waals surface area contributed by atoms with Crippen LogP contribution in [-0.2, 0) is 13.6 Å². The van der Waals surface area contributed by atoms with E-state index in [0.29, 0.717) is 11.4 Å². The number of benzene rings is 1. The summed E-state index contributed by atoms with van der Waals surface area (Å²) >= 11 is 1.36. The molecule has 20 heavy (non-hydrogen) atoms. The van der Waals surface area contributed by atoms with Gasteiger partial charge in [0.1, 0.15) is 5.82 Å². The predicted molar refractivity (Wildman–Crippen MR) is 80.3 cm³/mol. The second kappa shape index (κ2) is 5.97. The summed E-state index contributed by atoms with van der Waals surface area (Å²) in [7, 11) is 1.91. The van der Waals surface area contributed by atoms with E-state index < -0.39 is 0 Å². The number of hydrogen-bond donors (Lipinski definition) is 1. The summed E-state index contributed by atoms with van der Waals surface area (Å²) in [5, 5.41) is 4.18. The van der Waals surface area contributed by atoms with Gasteiger partial charge in [0.15, 0.2) is 5.16 Å². The smallest absolute Gasteiger partial charge is 0.172 e. The van der Waals surface area contributed by atoms with E-state index in [-0.39, 0.29) is 11.4 Å². The summed E-state index contributed by atoms with van der Waals surface area (Å²) < 4.78 is 16.0. The van der Waals surface area contributed by atoms with E-state index in [1.807, 2.05) is 23.9 Å². The molecule has 0 aliphatic carbocycles. The maximum absolute atomic E-state index is 14.1. The zero-order chi connectivity index (χ0) is 14.8. The van der Waals surface area contributed by atoms with Crippen LogP contribution >= 0.6 is 11.8 Å². The first-order valence-electron chi connectivity index (χ1n) is 6.54. The van der Waals surface area contributed by atoms with Crippen LogP contribution in [0.25, 0.3) is 0 Å². The summed E-state index contributed by atoms with van der Waals surface area (Å²) in [5.74, 6) is -0.203. The molecule has 1 aromatic heterocycles. The molecule has 0 aliphatic heterocycles. The summed E-state index contributed by atoms with van der Waals surface area (Å²) in [6.07, 6.45) is 3.58.